The number of nitrogens with zero attached hydrogens (tertiary/aromatic N) is 1. The number of halogens is 2. The summed E-state index contributed by atoms with van der Waals surface area (Å²) < 4.78 is 1.47. The molecule has 1 aromatic rings. The van der Waals surface area contributed by atoms with Crippen molar-refractivity contribution in [3.8, 4) is 0 Å². The van der Waals surface area contributed by atoms with Crippen LogP contribution < -0.4 is 5.56 Å². The average molecular weight is 186 g/mol. The summed E-state index contributed by atoms with van der Waals surface area (Å²) in [4.78, 5) is 10.6. The first kappa shape index (κ1) is 9.01. The van der Waals surface area contributed by atoms with Crippen LogP contribution in [0.15, 0.2) is 10.2 Å². The van der Waals surface area contributed by atoms with Crippen LogP contribution in [0.4, 0.5) is 0 Å². The Labute approximate surface area is 67.6 Å². The van der Waals surface area contributed by atoms with Gasteiger partial charge >= 0.3 is 0 Å². The Balaban J connectivity index is 0.000000640. The van der Waals surface area contributed by atoms with Gasteiger partial charge < -0.3 is 0 Å². The van der Waals surface area contributed by atoms with E-state index in [0.717, 1.165) is 0 Å². The molecule has 0 aliphatic rings. The van der Waals surface area contributed by atoms with Crippen LogP contribution >= 0.6 is 35.5 Å². The Kier molecular flexibility index (Phi) is 3.25. The first-order chi connectivity index (χ1) is 3.72. The molecule has 52 valence electrons. The normalized spacial score (nSPS) is 8.67. The highest BCUT2D eigenvalue weighted by molar-refractivity contribution is 7.04. The predicted molar refractivity (Wildman–Crippen MR) is 41.8 cm³/mol. The lowest BCUT2D eigenvalue weighted by atomic mass is 10.7. The van der Waals surface area contributed by atoms with E-state index in [-0.39, 0.29) is 18.0 Å². The van der Waals surface area contributed by atoms with Crippen molar-refractivity contribution in [3.05, 3.63) is 20.8 Å². The number of hydrogen-bond donors (Lipinski definition) is 0. The van der Waals surface area contributed by atoms with Crippen LogP contribution in [0.3, 0.4) is 0 Å². The van der Waals surface area contributed by atoms with Gasteiger partial charge in [0.25, 0.3) is 5.56 Å². The maximum absolute atomic E-state index is 10.6. The second-order valence-corrected chi connectivity index (χ2v) is 2.78. The van der Waals surface area contributed by atoms with Crippen LogP contribution in [0.5, 0.6) is 0 Å². The third-order valence-corrected chi connectivity index (χ3v) is 2.03. The zero-order valence-electron chi connectivity index (χ0n) is 4.63. The summed E-state index contributed by atoms with van der Waals surface area (Å²) in [7, 11) is 1.68. The Hall–Kier alpha value is 0.01000. The minimum Gasteiger partial charge on any atom is -0.267 e. The number of rotatable bonds is 0. The van der Waals surface area contributed by atoms with Crippen LogP contribution in [0, 0.1) is 0 Å². The lowest BCUT2D eigenvalue weighted by Gasteiger charge is -1.77. The molecule has 9 heavy (non-hydrogen) atoms. The minimum absolute atomic E-state index is 0. The van der Waals surface area contributed by atoms with Crippen molar-refractivity contribution < 1.29 is 0 Å². The molecule has 1 heterocycles. The van der Waals surface area contributed by atoms with Crippen molar-refractivity contribution in [1.29, 1.82) is 0 Å². The zero-order valence-corrected chi connectivity index (χ0v) is 7.02. The van der Waals surface area contributed by atoms with Gasteiger partial charge in [-0.25, -0.2) is 0 Å². The molecular weight excluding hydrogens is 181 g/mol. The molecule has 0 fully saturated rings. The SMILES string of the molecule is Cl.Cn1scc(Cl)c1=O. The molecule has 0 aliphatic heterocycles. The summed E-state index contributed by atoms with van der Waals surface area (Å²) in [6.07, 6.45) is 0. The maximum atomic E-state index is 10.6. The molecule has 0 spiro atoms. The van der Waals surface area contributed by atoms with Crippen LogP contribution in [-0.2, 0) is 7.05 Å². The summed E-state index contributed by atoms with van der Waals surface area (Å²) in [5.74, 6) is 0. The van der Waals surface area contributed by atoms with Crippen LogP contribution in [0.1, 0.15) is 0 Å². The van der Waals surface area contributed by atoms with E-state index in [1.54, 1.807) is 12.4 Å². The molecule has 2 nitrogen and oxygen atoms in total. The highest BCUT2D eigenvalue weighted by Gasteiger charge is 1.96. The number of aryl methyl sites for hydroxylation is 1. The predicted octanol–water partition coefficient (Wildman–Crippen LogP) is 1.52. The Morgan fingerprint density at radius 1 is 1.78 bits per heavy atom. The fourth-order valence-corrected chi connectivity index (χ4v) is 1.22. The molecule has 0 aromatic carbocycles. The van der Waals surface area contributed by atoms with Crippen molar-refractivity contribution in [3.63, 3.8) is 0 Å². The Morgan fingerprint density at radius 2 is 2.33 bits per heavy atom. The molecule has 5 heteroatoms. The molecule has 0 unspecified atom stereocenters. The molecule has 1 rings (SSSR count). The fourth-order valence-electron chi connectivity index (χ4n) is 0.374. The third-order valence-electron chi connectivity index (χ3n) is 0.805. The Morgan fingerprint density at radius 3 is 2.44 bits per heavy atom. The molecule has 0 amide bonds. The molecular formula is C4H5Cl2NOS. The van der Waals surface area contributed by atoms with Crippen molar-refractivity contribution in [2.24, 2.45) is 7.05 Å². The van der Waals surface area contributed by atoms with E-state index in [1.165, 1.54) is 15.5 Å². The molecule has 0 aliphatic carbocycles. The first-order valence-corrected chi connectivity index (χ1v) is 3.24. The van der Waals surface area contributed by atoms with Gasteiger partial charge in [0.05, 0.1) is 0 Å². The van der Waals surface area contributed by atoms with Gasteiger partial charge in [0.15, 0.2) is 0 Å². The minimum atomic E-state index is -0.114. The van der Waals surface area contributed by atoms with Gasteiger partial charge in [-0.05, 0) is 0 Å². The Bertz CT molecular complexity index is 218. The van der Waals surface area contributed by atoms with Crippen LogP contribution in [0.25, 0.3) is 0 Å². The summed E-state index contributed by atoms with van der Waals surface area (Å²) >= 11 is 6.71. The smallest absolute Gasteiger partial charge is 0.267 e. The van der Waals surface area contributed by atoms with E-state index in [0.29, 0.717) is 5.02 Å². The third kappa shape index (κ3) is 1.71. The van der Waals surface area contributed by atoms with Crippen molar-refractivity contribution in [1.82, 2.24) is 3.96 Å². The quantitative estimate of drug-likeness (QED) is 0.602. The molecule has 0 saturated carbocycles. The fraction of sp³-hybridized carbons (Fsp3) is 0.250. The number of aromatic nitrogens is 1. The van der Waals surface area contributed by atoms with E-state index in [2.05, 4.69) is 0 Å². The second-order valence-electron chi connectivity index (χ2n) is 1.37. The average Bonchev–Trinajstić information content (AvgIpc) is 1.98. The standard InChI is InChI=1S/C4H4ClNOS.ClH/c1-6-4(7)3(5)2-8-6;/h2H,1H3;1H. The maximum Gasteiger partial charge on any atom is 0.279 e. The highest BCUT2D eigenvalue weighted by Crippen LogP contribution is 2.03. The first-order valence-electron chi connectivity index (χ1n) is 2.02. The zero-order chi connectivity index (χ0) is 6.15. The van der Waals surface area contributed by atoms with Gasteiger partial charge in [-0.2, -0.15) is 0 Å². The van der Waals surface area contributed by atoms with E-state index in [1.807, 2.05) is 0 Å². The largest absolute Gasteiger partial charge is 0.279 e. The molecule has 0 radical (unpaired) electrons. The molecule has 1 aromatic heterocycles. The van der Waals surface area contributed by atoms with Gasteiger partial charge in [0.2, 0.25) is 0 Å². The van der Waals surface area contributed by atoms with Crippen LogP contribution in [0.2, 0.25) is 5.02 Å². The highest BCUT2D eigenvalue weighted by atomic mass is 35.5. The lowest BCUT2D eigenvalue weighted by molar-refractivity contribution is 0.981. The summed E-state index contributed by atoms with van der Waals surface area (Å²) in [5.41, 5.74) is -0.114. The summed E-state index contributed by atoms with van der Waals surface area (Å²) in [5, 5.41) is 1.92. The summed E-state index contributed by atoms with van der Waals surface area (Å²) in [6.45, 7) is 0. The summed E-state index contributed by atoms with van der Waals surface area (Å²) in [6, 6.07) is 0. The van der Waals surface area contributed by atoms with E-state index in [9.17, 15) is 4.79 Å². The van der Waals surface area contributed by atoms with E-state index < -0.39 is 0 Å². The molecule has 0 saturated heterocycles. The van der Waals surface area contributed by atoms with Crippen molar-refractivity contribution in [2.75, 3.05) is 0 Å². The van der Waals surface area contributed by atoms with E-state index >= 15 is 0 Å². The number of hydrogen-bond acceptors (Lipinski definition) is 2. The monoisotopic (exact) mass is 185 g/mol. The van der Waals surface area contributed by atoms with Gasteiger partial charge in [-0.15, -0.1) is 12.4 Å². The second kappa shape index (κ2) is 3.25. The van der Waals surface area contributed by atoms with Gasteiger partial charge in [-0.1, -0.05) is 23.1 Å². The van der Waals surface area contributed by atoms with Gasteiger partial charge in [-0.3, -0.25) is 8.75 Å². The van der Waals surface area contributed by atoms with Crippen molar-refractivity contribution >= 4 is 35.5 Å². The van der Waals surface area contributed by atoms with Crippen LogP contribution in [-0.4, -0.2) is 3.96 Å². The van der Waals surface area contributed by atoms with Gasteiger partial charge in [0.1, 0.15) is 5.02 Å². The van der Waals surface area contributed by atoms with Crippen molar-refractivity contribution in [2.45, 2.75) is 0 Å². The molecule has 0 bridgehead atoms. The van der Waals surface area contributed by atoms with E-state index in [4.69, 9.17) is 11.6 Å². The van der Waals surface area contributed by atoms with Gasteiger partial charge in [0, 0.05) is 12.4 Å². The lowest BCUT2D eigenvalue weighted by Crippen LogP contribution is -2.07. The topological polar surface area (TPSA) is 22.0 Å². The molecule has 0 atom stereocenters. The molecule has 0 N–H and O–H groups in total.